The summed E-state index contributed by atoms with van der Waals surface area (Å²) in [6, 6.07) is 0. The summed E-state index contributed by atoms with van der Waals surface area (Å²) in [5.41, 5.74) is -1.10. The molecule has 0 rings (SSSR count). The second-order valence-corrected chi connectivity index (χ2v) is 4.54. The van der Waals surface area contributed by atoms with E-state index in [0.717, 1.165) is 38.5 Å². The van der Waals surface area contributed by atoms with E-state index in [-0.39, 0.29) is 6.61 Å². The van der Waals surface area contributed by atoms with E-state index in [1.54, 1.807) is 0 Å². The molecule has 0 aliphatic rings. The first kappa shape index (κ1) is 14.9. The van der Waals surface area contributed by atoms with Crippen molar-refractivity contribution in [2.45, 2.75) is 77.3 Å². The zero-order valence-corrected chi connectivity index (χ0v) is 10.4. The predicted octanol–water partition coefficient (Wildman–Crippen LogP) is 4.24. The molecule has 92 valence electrons. The molecule has 0 aromatic carbocycles. The van der Waals surface area contributed by atoms with Crippen molar-refractivity contribution in [2.75, 3.05) is 6.61 Å². The van der Waals surface area contributed by atoms with Gasteiger partial charge in [-0.15, -0.1) is 0 Å². The van der Waals surface area contributed by atoms with Crippen LogP contribution in [0.1, 0.15) is 71.6 Å². The Bertz CT molecular complexity index is 126. The zero-order chi connectivity index (χ0) is 11.6. The van der Waals surface area contributed by atoms with Crippen LogP contribution >= 0.6 is 0 Å². The van der Waals surface area contributed by atoms with E-state index in [0.29, 0.717) is 19.3 Å². The molecular formula is C13H27FO. The molecule has 0 amide bonds. The maximum atomic E-state index is 14.3. The van der Waals surface area contributed by atoms with Gasteiger partial charge in [-0.05, 0) is 12.8 Å². The molecule has 0 fully saturated rings. The molecule has 15 heavy (non-hydrogen) atoms. The lowest BCUT2D eigenvalue weighted by atomic mass is 9.89. The van der Waals surface area contributed by atoms with Gasteiger partial charge in [-0.25, -0.2) is 4.39 Å². The quantitative estimate of drug-likeness (QED) is 0.544. The largest absolute Gasteiger partial charge is 0.396 e. The van der Waals surface area contributed by atoms with Crippen molar-refractivity contribution in [1.29, 1.82) is 0 Å². The number of unbranched alkanes of at least 4 members (excludes halogenated alkanes) is 4. The van der Waals surface area contributed by atoms with Crippen LogP contribution < -0.4 is 0 Å². The van der Waals surface area contributed by atoms with Crippen molar-refractivity contribution in [1.82, 2.24) is 0 Å². The van der Waals surface area contributed by atoms with Crippen LogP contribution in [0.5, 0.6) is 0 Å². The molecule has 0 saturated carbocycles. The summed E-state index contributed by atoms with van der Waals surface area (Å²) in [7, 11) is 0. The van der Waals surface area contributed by atoms with Crippen molar-refractivity contribution in [3.8, 4) is 0 Å². The molecule has 0 bridgehead atoms. The summed E-state index contributed by atoms with van der Waals surface area (Å²) in [5.74, 6) is 0. The summed E-state index contributed by atoms with van der Waals surface area (Å²) < 4.78 is 14.3. The molecule has 0 radical (unpaired) electrons. The summed E-state index contributed by atoms with van der Waals surface area (Å²) >= 11 is 0. The normalized spacial score (nSPS) is 12.0. The molecule has 0 atom stereocenters. The van der Waals surface area contributed by atoms with Gasteiger partial charge in [-0.2, -0.15) is 0 Å². The van der Waals surface area contributed by atoms with Crippen LogP contribution in [0.15, 0.2) is 0 Å². The SMILES string of the molecule is CCCCCC(F)(CCO)CCCCC. The van der Waals surface area contributed by atoms with Crippen molar-refractivity contribution >= 4 is 0 Å². The number of hydrogen-bond acceptors (Lipinski definition) is 1. The molecule has 0 aromatic rings. The molecule has 2 heteroatoms. The molecule has 0 aliphatic heterocycles. The number of alkyl halides is 1. The first-order valence-electron chi connectivity index (χ1n) is 6.48. The summed E-state index contributed by atoms with van der Waals surface area (Å²) in [6.45, 7) is 4.24. The van der Waals surface area contributed by atoms with Gasteiger partial charge in [0.25, 0.3) is 0 Å². The minimum absolute atomic E-state index is 0.0191. The first-order chi connectivity index (χ1) is 7.18. The van der Waals surface area contributed by atoms with Crippen LogP contribution in [0.4, 0.5) is 4.39 Å². The van der Waals surface area contributed by atoms with Crippen LogP contribution in [0, 0.1) is 0 Å². The maximum absolute atomic E-state index is 14.3. The van der Waals surface area contributed by atoms with Gasteiger partial charge < -0.3 is 5.11 Å². The lowest BCUT2D eigenvalue weighted by Gasteiger charge is -2.24. The number of aliphatic hydroxyl groups excluding tert-OH is 1. The number of halogens is 1. The Morgan fingerprint density at radius 1 is 0.867 bits per heavy atom. The maximum Gasteiger partial charge on any atom is 0.113 e. The fourth-order valence-corrected chi connectivity index (χ4v) is 1.96. The molecule has 0 unspecified atom stereocenters. The van der Waals surface area contributed by atoms with Gasteiger partial charge in [0.15, 0.2) is 0 Å². The molecule has 0 aromatic heterocycles. The van der Waals surface area contributed by atoms with E-state index in [1.165, 1.54) is 0 Å². The van der Waals surface area contributed by atoms with Gasteiger partial charge in [0.2, 0.25) is 0 Å². The second-order valence-electron chi connectivity index (χ2n) is 4.54. The molecule has 0 spiro atoms. The van der Waals surface area contributed by atoms with Gasteiger partial charge in [0.1, 0.15) is 5.67 Å². The third-order valence-corrected chi connectivity index (χ3v) is 3.02. The fraction of sp³-hybridized carbons (Fsp3) is 1.00. The predicted molar refractivity (Wildman–Crippen MR) is 63.8 cm³/mol. The van der Waals surface area contributed by atoms with Crippen LogP contribution in [0.3, 0.4) is 0 Å². The minimum Gasteiger partial charge on any atom is -0.396 e. The van der Waals surface area contributed by atoms with Crippen LogP contribution in [-0.4, -0.2) is 17.4 Å². The van der Waals surface area contributed by atoms with Crippen molar-refractivity contribution in [2.24, 2.45) is 0 Å². The lowest BCUT2D eigenvalue weighted by molar-refractivity contribution is 0.0885. The van der Waals surface area contributed by atoms with Gasteiger partial charge in [0, 0.05) is 13.0 Å². The van der Waals surface area contributed by atoms with Gasteiger partial charge in [-0.3, -0.25) is 0 Å². The molecule has 1 N–H and O–H groups in total. The van der Waals surface area contributed by atoms with E-state index >= 15 is 0 Å². The van der Waals surface area contributed by atoms with Crippen LogP contribution in [0.2, 0.25) is 0 Å². The molecule has 0 aliphatic carbocycles. The fourth-order valence-electron chi connectivity index (χ4n) is 1.96. The van der Waals surface area contributed by atoms with E-state index in [1.807, 2.05) is 0 Å². The Labute approximate surface area is 94.1 Å². The third-order valence-electron chi connectivity index (χ3n) is 3.02. The van der Waals surface area contributed by atoms with Crippen molar-refractivity contribution < 1.29 is 9.50 Å². The Kier molecular flexibility index (Phi) is 9.07. The molecule has 0 heterocycles. The highest BCUT2D eigenvalue weighted by Gasteiger charge is 2.27. The standard InChI is InChI=1S/C13H27FO/c1-3-5-7-9-13(14,11-12-15)10-8-6-4-2/h15H,3-12H2,1-2H3. The Morgan fingerprint density at radius 2 is 1.33 bits per heavy atom. The highest BCUT2D eigenvalue weighted by molar-refractivity contribution is 4.78. The number of rotatable bonds is 10. The van der Waals surface area contributed by atoms with Crippen LogP contribution in [-0.2, 0) is 0 Å². The Balaban J connectivity index is 3.83. The van der Waals surface area contributed by atoms with Crippen molar-refractivity contribution in [3.63, 3.8) is 0 Å². The van der Waals surface area contributed by atoms with Gasteiger partial charge in [-0.1, -0.05) is 52.4 Å². The number of aliphatic hydroxyl groups is 1. The smallest absolute Gasteiger partial charge is 0.113 e. The highest BCUT2D eigenvalue weighted by atomic mass is 19.1. The van der Waals surface area contributed by atoms with Gasteiger partial charge in [0.05, 0.1) is 0 Å². The summed E-state index contributed by atoms with van der Waals surface area (Å²) in [5, 5.41) is 8.87. The number of hydrogen-bond donors (Lipinski definition) is 1. The highest BCUT2D eigenvalue weighted by Crippen LogP contribution is 2.29. The van der Waals surface area contributed by atoms with E-state index in [4.69, 9.17) is 5.11 Å². The Hall–Kier alpha value is -0.110. The van der Waals surface area contributed by atoms with Crippen molar-refractivity contribution in [3.05, 3.63) is 0 Å². The van der Waals surface area contributed by atoms with E-state index in [9.17, 15) is 4.39 Å². The third kappa shape index (κ3) is 7.78. The molecule has 0 saturated heterocycles. The summed E-state index contributed by atoms with van der Waals surface area (Å²) in [6.07, 6.45) is 7.96. The topological polar surface area (TPSA) is 20.2 Å². The molecular weight excluding hydrogens is 191 g/mol. The van der Waals surface area contributed by atoms with E-state index < -0.39 is 5.67 Å². The summed E-state index contributed by atoms with van der Waals surface area (Å²) in [4.78, 5) is 0. The Morgan fingerprint density at radius 3 is 1.67 bits per heavy atom. The zero-order valence-electron chi connectivity index (χ0n) is 10.4. The average molecular weight is 218 g/mol. The monoisotopic (exact) mass is 218 g/mol. The molecule has 1 nitrogen and oxygen atoms in total. The van der Waals surface area contributed by atoms with E-state index in [2.05, 4.69) is 13.8 Å². The van der Waals surface area contributed by atoms with Crippen LogP contribution in [0.25, 0.3) is 0 Å². The van der Waals surface area contributed by atoms with Gasteiger partial charge >= 0.3 is 0 Å². The minimum atomic E-state index is -1.10. The lowest BCUT2D eigenvalue weighted by Crippen LogP contribution is -2.24. The average Bonchev–Trinajstić information content (AvgIpc) is 2.19. The second kappa shape index (κ2) is 9.14. The first-order valence-corrected chi connectivity index (χ1v) is 6.48.